The van der Waals surface area contributed by atoms with Gasteiger partial charge in [-0.25, -0.2) is 0 Å². The summed E-state index contributed by atoms with van der Waals surface area (Å²) in [6, 6.07) is 19.7. The van der Waals surface area contributed by atoms with Gasteiger partial charge in [-0.1, -0.05) is 49.4 Å². The molecule has 2 rings (SSSR count). The molecule has 2 atom stereocenters. The molecule has 0 spiro atoms. The van der Waals surface area contributed by atoms with Crippen molar-refractivity contribution in [3.8, 4) is 5.75 Å². The predicted octanol–water partition coefficient (Wildman–Crippen LogP) is 2.99. The fourth-order valence-electron chi connectivity index (χ4n) is 2.57. The van der Waals surface area contributed by atoms with Gasteiger partial charge >= 0.3 is 0 Å². The third-order valence-electron chi connectivity index (χ3n) is 3.98. The topological polar surface area (TPSA) is 25.8 Å². The Morgan fingerprint density at radius 1 is 0.952 bits per heavy atom. The lowest BCUT2D eigenvalue weighted by Gasteiger charge is -2.15. The molecule has 2 N–H and O–H groups in total. The van der Waals surface area contributed by atoms with Crippen LogP contribution in [-0.4, -0.2) is 19.7 Å². The first kappa shape index (κ1) is 15.6. The lowest BCUT2D eigenvalue weighted by atomic mass is 10.0. The molecule has 2 aromatic carbocycles. The number of hydrogen-bond acceptors (Lipinski definition) is 1. The molecule has 0 aliphatic rings. The minimum absolute atomic E-state index is 0.588. The van der Waals surface area contributed by atoms with Gasteiger partial charge in [-0.3, -0.25) is 0 Å². The van der Waals surface area contributed by atoms with E-state index in [4.69, 9.17) is 4.74 Å². The monoisotopic (exact) mass is 284 g/mol. The zero-order valence-corrected chi connectivity index (χ0v) is 13.3. The van der Waals surface area contributed by atoms with Gasteiger partial charge in [0.15, 0.2) is 0 Å². The molecule has 0 amide bonds. The summed E-state index contributed by atoms with van der Waals surface area (Å²) < 4.78 is 5.19. The molecule has 0 fully saturated rings. The first-order valence-electron chi connectivity index (χ1n) is 7.70. The average molecular weight is 284 g/mol. The third-order valence-corrected chi connectivity index (χ3v) is 3.98. The first-order chi connectivity index (χ1) is 10.2. The SMILES string of the molecule is COc1ccc(C[C@H](C)[NH2+]C[C@@H](C)c2ccccc2)cc1. The Labute approximate surface area is 128 Å². The number of hydrogen-bond donors (Lipinski definition) is 1. The van der Waals surface area contributed by atoms with Crippen LogP contribution in [0, 0.1) is 0 Å². The largest absolute Gasteiger partial charge is 0.497 e. The maximum atomic E-state index is 5.19. The molecule has 0 unspecified atom stereocenters. The summed E-state index contributed by atoms with van der Waals surface area (Å²) in [6.45, 7) is 5.72. The van der Waals surface area contributed by atoms with Crippen molar-refractivity contribution in [2.24, 2.45) is 0 Å². The highest BCUT2D eigenvalue weighted by Crippen LogP contribution is 2.13. The Morgan fingerprint density at radius 3 is 2.24 bits per heavy atom. The summed E-state index contributed by atoms with van der Waals surface area (Å²) in [6.07, 6.45) is 1.09. The first-order valence-corrected chi connectivity index (χ1v) is 7.70. The normalized spacial score (nSPS) is 13.7. The third kappa shape index (κ3) is 4.91. The highest BCUT2D eigenvalue weighted by molar-refractivity contribution is 5.27. The van der Waals surface area contributed by atoms with Crippen molar-refractivity contribution in [1.29, 1.82) is 0 Å². The van der Waals surface area contributed by atoms with Crippen LogP contribution in [0.5, 0.6) is 5.75 Å². The predicted molar refractivity (Wildman–Crippen MR) is 87.8 cm³/mol. The number of quaternary nitrogens is 1. The van der Waals surface area contributed by atoms with E-state index in [0.29, 0.717) is 12.0 Å². The summed E-state index contributed by atoms with van der Waals surface area (Å²) in [4.78, 5) is 0. The van der Waals surface area contributed by atoms with Crippen LogP contribution in [0.25, 0.3) is 0 Å². The van der Waals surface area contributed by atoms with E-state index < -0.39 is 0 Å². The van der Waals surface area contributed by atoms with Gasteiger partial charge in [0.1, 0.15) is 5.75 Å². The minimum Gasteiger partial charge on any atom is -0.497 e. The van der Waals surface area contributed by atoms with E-state index in [1.165, 1.54) is 11.1 Å². The molecule has 2 nitrogen and oxygen atoms in total. The van der Waals surface area contributed by atoms with E-state index in [1.54, 1.807) is 7.11 Å². The molecule has 21 heavy (non-hydrogen) atoms. The van der Waals surface area contributed by atoms with Crippen molar-refractivity contribution in [1.82, 2.24) is 0 Å². The number of ether oxygens (including phenoxy) is 1. The lowest BCUT2D eigenvalue weighted by Crippen LogP contribution is -2.90. The summed E-state index contributed by atoms with van der Waals surface area (Å²) in [5.41, 5.74) is 2.79. The van der Waals surface area contributed by atoms with Crippen LogP contribution >= 0.6 is 0 Å². The zero-order chi connectivity index (χ0) is 15.1. The van der Waals surface area contributed by atoms with E-state index in [1.807, 2.05) is 12.1 Å². The summed E-state index contributed by atoms with van der Waals surface area (Å²) in [5.74, 6) is 1.51. The van der Waals surface area contributed by atoms with Crippen molar-refractivity contribution in [2.45, 2.75) is 32.2 Å². The van der Waals surface area contributed by atoms with Crippen molar-refractivity contribution < 1.29 is 10.1 Å². The Bertz CT molecular complexity index is 521. The number of benzene rings is 2. The molecule has 0 heterocycles. The Kier molecular flexibility index (Phi) is 5.82. The second kappa shape index (κ2) is 7.84. The van der Waals surface area contributed by atoms with Gasteiger partial charge in [0, 0.05) is 12.3 Å². The lowest BCUT2D eigenvalue weighted by molar-refractivity contribution is -0.687. The van der Waals surface area contributed by atoms with Crippen molar-refractivity contribution in [3.63, 3.8) is 0 Å². The zero-order valence-electron chi connectivity index (χ0n) is 13.3. The standard InChI is InChI=1S/C19H25NO/c1-15(18-7-5-4-6-8-18)14-20-16(2)13-17-9-11-19(21-3)12-10-17/h4-12,15-16,20H,13-14H2,1-3H3/p+1/t15-,16+/m1/s1. The van der Waals surface area contributed by atoms with E-state index in [9.17, 15) is 0 Å². The number of nitrogens with two attached hydrogens (primary N) is 1. The van der Waals surface area contributed by atoms with Crippen molar-refractivity contribution in [3.05, 3.63) is 65.7 Å². The van der Waals surface area contributed by atoms with Gasteiger partial charge in [-0.05, 0) is 30.2 Å². The fourth-order valence-corrected chi connectivity index (χ4v) is 2.57. The highest BCUT2D eigenvalue weighted by Gasteiger charge is 2.11. The molecular formula is C19H26NO+. The Morgan fingerprint density at radius 2 is 1.62 bits per heavy atom. The van der Waals surface area contributed by atoms with Crippen molar-refractivity contribution >= 4 is 0 Å². The van der Waals surface area contributed by atoms with Gasteiger partial charge < -0.3 is 10.1 Å². The molecule has 0 aromatic heterocycles. The van der Waals surface area contributed by atoms with E-state index in [-0.39, 0.29) is 0 Å². The van der Waals surface area contributed by atoms with Gasteiger partial charge in [-0.2, -0.15) is 0 Å². The molecule has 0 aliphatic carbocycles. The van der Waals surface area contributed by atoms with E-state index in [0.717, 1.165) is 18.7 Å². The summed E-state index contributed by atoms with van der Waals surface area (Å²) >= 11 is 0. The summed E-state index contributed by atoms with van der Waals surface area (Å²) in [5, 5.41) is 2.45. The molecule has 112 valence electrons. The molecule has 2 aromatic rings. The van der Waals surface area contributed by atoms with Crippen LogP contribution in [-0.2, 0) is 6.42 Å². The van der Waals surface area contributed by atoms with Crippen LogP contribution < -0.4 is 10.1 Å². The van der Waals surface area contributed by atoms with E-state index in [2.05, 4.69) is 61.6 Å². The molecular weight excluding hydrogens is 258 g/mol. The molecule has 2 heteroatoms. The van der Waals surface area contributed by atoms with Crippen LogP contribution in [0.15, 0.2) is 54.6 Å². The van der Waals surface area contributed by atoms with Crippen LogP contribution in [0.1, 0.15) is 30.9 Å². The van der Waals surface area contributed by atoms with Gasteiger partial charge in [0.05, 0.1) is 19.7 Å². The van der Waals surface area contributed by atoms with Crippen LogP contribution in [0.2, 0.25) is 0 Å². The molecule has 0 saturated heterocycles. The summed E-state index contributed by atoms with van der Waals surface area (Å²) in [7, 11) is 1.70. The Hall–Kier alpha value is -1.80. The average Bonchev–Trinajstić information content (AvgIpc) is 2.54. The second-order valence-corrected chi connectivity index (χ2v) is 5.81. The van der Waals surface area contributed by atoms with Crippen LogP contribution in [0.4, 0.5) is 0 Å². The molecule has 0 saturated carbocycles. The maximum Gasteiger partial charge on any atom is 0.118 e. The molecule has 0 bridgehead atoms. The fraction of sp³-hybridized carbons (Fsp3) is 0.368. The van der Waals surface area contributed by atoms with Crippen LogP contribution in [0.3, 0.4) is 0 Å². The number of rotatable bonds is 7. The maximum absolute atomic E-state index is 5.19. The Balaban J connectivity index is 1.80. The number of methoxy groups -OCH3 is 1. The molecule has 0 radical (unpaired) electrons. The minimum atomic E-state index is 0.588. The van der Waals surface area contributed by atoms with Gasteiger partial charge in [0.25, 0.3) is 0 Å². The van der Waals surface area contributed by atoms with Crippen molar-refractivity contribution in [2.75, 3.05) is 13.7 Å². The second-order valence-electron chi connectivity index (χ2n) is 5.81. The highest BCUT2D eigenvalue weighted by atomic mass is 16.5. The van der Waals surface area contributed by atoms with Gasteiger partial charge in [0.2, 0.25) is 0 Å². The van der Waals surface area contributed by atoms with E-state index >= 15 is 0 Å². The van der Waals surface area contributed by atoms with Gasteiger partial charge in [-0.15, -0.1) is 0 Å². The molecule has 0 aliphatic heterocycles. The smallest absolute Gasteiger partial charge is 0.118 e. The quantitative estimate of drug-likeness (QED) is 0.831.